The van der Waals surface area contributed by atoms with Crippen LogP contribution in [0.1, 0.15) is 30.5 Å². The van der Waals surface area contributed by atoms with Gasteiger partial charge < -0.3 is 19.6 Å². The van der Waals surface area contributed by atoms with Gasteiger partial charge in [0.2, 0.25) is 0 Å². The molecule has 5 rings (SSSR count). The number of piperazine rings is 1. The molecule has 2 fully saturated rings. The van der Waals surface area contributed by atoms with E-state index < -0.39 is 17.7 Å². The highest BCUT2D eigenvalue weighted by atomic mass is 16.5. The number of aliphatic hydroxyl groups excluding tert-OH is 1. The summed E-state index contributed by atoms with van der Waals surface area (Å²) in [7, 11) is 2.12. The highest BCUT2D eigenvalue weighted by Crippen LogP contribution is 2.42. The molecule has 1 amide bonds. The van der Waals surface area contributed by atoms with E-state index in [2.05, 4.69) is 21.8 Å². The minimum Gasteiger partial charge on any atom is -0.507 e. The van der Waals surface area contributed by atoms with Crippen molar-refractivity contribution < 1.29 is 19.4 Å². The van der Waals surface area contributed by atoms with E-state index in [9.17, 15) is 14.7 Å². The van der Waals surface area contributed by atoms with E-state index in [0.717, 1.165) is 38.3 Å². The van der Waals surface area contributed by atoms with E-state index >= 15 is 0 Å². The van der Waals surface area contributed by atoms with Crippen LogP contribution in [0.5, 0.6) is 5.75 Å². The zero-order chi connectivity index (χ0) is 26.6. The molecule has 0 spiro atoms. The van der Waals surface area contributed by atoms with E-state index in [-0.39, 0.29) is 11.3 Å². The molecule has 8 nitrogen and oxygen atoms in total. The molecule has 8 heteroatoms. The zero-order valence-electron chi connectivity index (χ0n) is 21.7. The number of rotatable bonds is 7. The number of hydrogen-bond acceptors (Lipinski definition) is 7. The van der Waals surface area contributed by atoms with Crippen LogP contribution in [0.15, 0.2) is 78.6 Å². The van der Waals surface area contributed by atoms with Crippen molar-refractivity contribution in [2.45, 2.75) is 19.4 Å². The minimum atomic E-state index is -0.811. The quantitative estimate of drug-likeness (QED) is 0.288. The summed E-state index contributed by atoms with van der Waals surface area (Å²) in [5.74, 6) is -0.967. The molecule has 2 aliphatic rings. The van der Waals surface area contributed by atoms with Crippen LogP contribution in [0, 0.1) is 0 Å². The number of aromatic nitrogens is 1. The molecule has 0 aliphatic carbocycles. The fourth-order valence-corrected chi connectivity index (χ4v) is 4.93. The van der Waals surface area contributed by atoms with Gasteiger partial charge >= 0.3 is 0 Å². The number of anilines is 2. The monoisotopic (exact) mass is 512 g/mol. The second-order valence-corrected chi connectivity index (χ2v) is 9.64. The smallest absolute Gasteiger partial charge is 0.300 e. The van der Waals surface area contributed by atoms with Crippen molar-refractivity contribution in [3.8, 4) is 5.75 Å². The molecule has 0 bridgehead atoms. The summed E-state index contributed by atoms with van der Waals surface area (Å²) in [6.07, 6.45) is 4.14. The molecular formula is C30H32N4O4. The molecule has 3 aromatic rings. The van der Waals surface area contributed by atoms with Gasteiger partial charge in [-0.3, -0.25) is 19.5 Å². The average Bonchev–Trinajstić information content (AvgIpc) is 3.22. The number of nitrogens with zero attached hydrogens (tertiary/aromatic N) is 4. The predicted molar refractivity (Wildman–Crippen MR) is 147 cm³/mol. The molecule has 3 heterocycles. The Labute approximate surface area is 222 Å². The van der Waals surface area contributed by atoms with E-state index in [4.69, 9.17) is 4.74 Å². The van der Waals surface area contributed by atoms with Crippen molar-refractivity contribution in [2.24, 2.45) is 0 Å². The van der Waals surface area contributed by atoms with Crippen molar-refractivity contribution in [1.82, 2.24) is 9.88 Å². The number of benzene rings is 2. The topological polar surface area (TPSA) is 86.2 Å². The number of carbonyl (C=O) groups excluding carboxylic acids is 2. The number of hydrogen-bond donors (Lipinski definition) is 1. The lowest BCUT2D eigenvalue weighted by molar-refractivity contribution is -0.132. The van der Waals surface area contributed by atoms with Crippen LogP contribution in [0.3, 0.4) is 0 Å². The van der Waals surface area contributed by atoms with Crippen molar-refractivity contribution in [3.05, 3.63) is 89.8 Å². The van der Waals surface area contributed by atoms with Gasteiger partial charge in [-0.15, -0.1) is 0 Å². The molecule has 2 aliphatic heterocycles. The largest absolute Gasteiger partial charge is 0.507 e. The summed E-state index contributed by atoms with van der Waals surface area (Å²) in [5, 5.41) is 11.3. The van der Waals surface area contributed by atoms with Crippen LogP contribution in [0.2, 0.25) is 0 Å². The molecule has 1 N–H and O–H groups in total. The van der Waals surface area contributed by atoms with Gasteiger partial charge in [0.15, 0.2) is 0 Å². The second-order valence-electron chi connectivity index (χ2n) is 9.64. The Kier molecular flexibility index (Phi) is 7.42. The number of amides is 1. The van der Waals surface area contributed by atoms with E-state index in [1.54, 1.807) is 42.7 Å². The molecular weight excluding hydrogens is 480 g/mol. The van der Waals surface area contributed by atoms with Crippen LogP contribution < -0.4 is 14.5 Å². The van der Waals surface area contributed by atoms with Crippen molar-refractivity contribution in [1.29, 1.82) is 0 Å². The Morgan fingerprint density at radius 3 is 2.29 bits per heavy atom. The average molecular weight is 513 g/mol. The first-order chi connectivity index (χ1) is 18.5. The Balaban J connectivity index is 1.52. The lowest BCUT2D eigenvalue weighted by Crippen LogP contribution is -2.44. The van der Waals surface area contributed by atoms with Crippen LogP contribution >= 0.6 is 0 Å². The van der Waals surface area contributed by atoms with Crippen LogP contribution in [0.4, 0.5) is 11.4 Å². The Bertz CT molecular complexity index is 1310. The summed E-state index contributed by atoms with van der Waals surface area (Å²) in [4.78, 5) is 37.1. The lowest BCUT2D eigenvalue weighted by atomic mass is 9.96. The summed E-state index contributed by atoms with van der Waals surface area (Å²) in [5.41, 5.74) is 2.77. The minimum absolute atomic E-state index is 0.0355. The van der Waals surface area contributed by atoms with Crippen molar-refractivity contribution in [2.75, 3.05) is 49.6 Å². The molecule has 0 radical (unpaired) electrons. The lowest BCUT2D eigenvalue weighted by Gasteiger charge is -2.34. The van der Waals surface area contributed by atoms with Gasteiger partial charge in [-0.05, 0) is 73.6 Å². The first-order valence-corrected chi connectivity index (χ1v) is 13.0. The van der Waals surface area contributed by atoms with Gasteiger partial charge in [0.05, 0.1) is 18.2 Å². The molecule has 2 saturated heterocycles. The van der Waals surface area contributed by atoms with Crippen LogP contribution in [0.25, 0.3) is 5.76 Å². The summed E-state index contributed by atoms with van der Waals surface area (Å²) in [6.45, 7) is 6.45. The normalized spacial score (nSPS) is 19.7. The molecule has 1 aromatic heterocycles. The number of carbonyl (C=O) groups is 2. The van der Waals surface area contributed by atoms with Gasteiger partial charge in [0.1, 0.15) is 11.5 Å². The summed E-state index contributed by atoms with van der Waals surface area (Å²) >= 11 is 0. The highest BCUT2D eigenvalue weighted by molar-refractivity contribution is 6.51. The number of aliphatic hydroxyl groups is 1. The van der Waals surface area contributed by atoms with Crippen LogP contribution in [-0.4, -0.2) is 66.5 Å². The van der Waals surface area contributed by atoms with Gasteiger partial charge in [-0.25, -0.2) is 0 Å². The SMILES string of the molecule is CCCOc1ccc(/C(O)=C2\C(=O)C(=O)N(c3ccc(N4CCN(C)CC4)cc3)C2c2cccnc2)cc1. The third-order valence-corrected chi connectivity index (χ3v) is 7.04. The molecule has 196 valence electrons. The third-order valence-electron chi connectivity index (χ3n) is 7.04. The van der Waals surface area contributed by atoms with E-state index in [1.165, 1.54) is 4.90 Å². The zero-order valence-corrected chi connectivity index (χ0v) is 21.7. The van der Waals surface area contributed by atoms with Gasteiger partial charge in [0, 0.05) is 55.5 Å². The molecule has 38 heavy (non-hydrogen) atoms. The molecule has 1 atom stereocenters. The first-order valence-electron chi connectivity index (χ1n) is 13.0. The maximum absolute atomic E-state index is 13.4. The van der Waals surface area contributed by atoms with Crippen LogP contribution in [-0.2, 0) is 9.59 Å². The highest BCUT2D eigenvalue weighted by Gasteiger charge is 2.47. The van der Waals surface area contributed by atoms with E-state index in [0.29, 0.717) is 29.2 Å². The number of Topliss-reactive ketones (excluding diaryl/α,β-unsaturated/α-hetero) is 1. The number of pyridine rings is 1. The van der Waals surface area contributed by atoms with Gasteiger partial charge in [0.25, 0.3) is 11.7 Å². The van der Waals surface area contributed by atoms with Gasteiger partial charge in [-0.1, -0.05) is 13.0 Å². The standard InChI is InChI=1S/C30H32N4O4/c1-3-19-38-25-12-6-21(7-13-25)28(35)26-27(22-5-4-14-31-20-22)34(30(37)29(26)36)24-10-8-23(9-11-24)33-17-15-32(2)16-18-33/h4-14,20,27,35H,3,15-19H2,1-2H3/b28-26+. The maximum atomic E-state index is 13.4. The Morgan fingerprint density at radius 2 is 1.66 bits per heavy atom. The third kappa shape index (κ3) is 4.99. The Hall–Kier alpha value is -4.17. The predicted octanol–water partition coefficient (Wildman–Crippen LogP) is 4.25. The second kappa shape index (κ2) is 11.1. The van der Waals surface area contributed by atoms with Crippen molar-refractivity contribution in [3.63, 3.8) is 0 Å². The summed E-state index contributed by atoms with van der Waals surface area (Å²) < 4.78 is 5.64. The number of ketones is 1. The maximum Gasteiger partial charge on any atom is 0.300 e. The van der Waals surface area contributed by atoms with Gasteiger partial charge in [-0.2, -0.15) is 0 Å². The fraction of sp³-hybridized carbons (Fsp3) is 0.300. The molecule has 2 aromatic carbocycles. The number of likely N-dealkylation sites (N-methyl/N-ethyl adjacent to an activating group) is 1. The Morgan fingerprint density at radius 1 is 0.974 bits per heavy atom. The van der Waals surface area contributed by atoms with E-state index in [1.807, 2.05) is 37.3 Å². The van der Waals surface area contributed by atoms with Crippen molar-refractivity contribution >= 4 is 28.8 Å². The number of ether oxygens (including phenoxy) is 1. The molecule has 1 unspecified atom stereocenters. The molecule has 0 saturated carbocycles. The fourth-order valence-electron chi connectivity index (χ4n) is 4.93. The first kappa shape index (κ1) is 25.5. The summed E-state index contributed by atoms with van der Waals surface area (Å²) in [6, 6.07) is 17.3.